The first-order valence-corrected chi connectivity index (χ1v) is 12.5. The minimum absolute atomic E-state index is 0.940. The molecule has 0 unspecified atom stereocenters. The van der Waals surface area contributed by atoms with E-state index < -0.39 is 0 Å². The second kappa shape index (κ2) is 8.25. The number of rotatable bonds is 0. The molecule has 0 nitrogen and oxygen atoms in total. The number of hydrogen-bond acceptors (Lipinski definition) is 0. The van der Waals surface area contributed by atoms with E-state index in [0.717, 1.165) is 19.3 Å². The molecule has 166 valence electrons. The van der Waals surface area contributed by atoms with Crippen LogP contribution in [0.1, 0.15) is 55.6 Å². The van der Waals surface area contributed by atoms with Gasteiger partial charge in [0.15, 0.2) is 0 Å². The highest BCUT2D eigenvalue weighted by Gasteiger charge is 2.27. The Morgan fingerprint density at radius 1 is 0.257 bits per heavy atom. The first-order valence-electron chi connectivity index (χ1n) is 12.5. The monoisotopic (exact) mass is 446 g/mol. The predicted molar refractivity (Wildman–Crippen MR) is 146 cm³/mol. The van der Waals surface area contributed by atoms with Gasteiger partial charge in [-0.15, -0.1) is 0 Å². The predicted octanol–water partition coefficient (Wildman–Crippen LogP) is 8.09. The van der Waals surface area contributed by atoms with Crippen LogP contribution in [0.25, 0.3) is 11.1 Å². The third-order valence-electron chi connectivity index (χ3n) is 7.66. The molecule has 2 aliphatic carbocycles. The van der Waals surface area contributed by atoms with E-state index in [1.807, 2.05) is 0 Å². The normalized spacial score (nSPS) is 13.8. The SMILES string of the molecule is c1ccc2c(c1)Cc1ccccc1C1=C(c3ccccc3C2)c2ccccc2Cc2ccccc21. The van der Waals surface area contributed by atoms with Gasteiger partial charge in [-0.1, -0.05) is 121 Å². The van der Waals surface area contributed by atoms with Gasteiger partial charge in [0.25, 0.3) is 0 Å². The maximum atomic E-state index is 2.34. The molecule has 0 spiro atoms. The van der Waals surface area contributed by atoms with Crippen molar-refractivity contribution in [3.8, 4) is 0 Å². The molecule has 5 aromatic carbocycles. The van der Waals surface area contributed by atoms with Crippen LogP contribution in [0, 0.1) is 0 Å². The summed E-state index contributed by atoms with van der Waals surface area (Å²) in [5.74, 6) is 0. The molecule has 0 heterocycles. The van der Waals surface area contributed by atoms with Crippen molar-refractivity contribution in [2.45, 2.75) is 19.3 Å². The standard InChI is InChI=1S/C35H26/c1-2-12-25-22-27-14-4-8-18-31(27)35-33-20-10-6-16-29(33)23-28-15-5-9-19-32(28)34(35)30-17-7-3-13-26(30)21-24(25)11-1/h1-20H,21-23H2. The molecule has 0 saturated carbocycles. The molecular weight excluding hydrogens is 420 g/mol. The van der Waals surface area contributed by atoms with Crippen LogP contribution in [0.2, 0.25) is 0 Å². The lowest BCUT2D eigenvalue weighted by Gasteiger charge is -2.24. The van der Waals surface area contributed by atoms with Gasteiger partial charge in [-0.05, 0) is 86.0 Å². The van der Waals surface area contributed by atoms with Crippen LogP contribution in [0.4, 0.5) is 0 Å². The van der Waals surface area contributed by atoms with Crippen LogP contribution in [-0.2, 0) is 19.3 Å². The van der Waals surface area contributed by atoms with Gasteiger partial charge in [-0.2, -0.15) is 0 Å². The van der Waals surface area contributed by atoms with E-state index in [2.05, 4.69) is 121 Å². The van der Waals surface area contributed by atoms with Crippen molar-refractivity contribution >= 4 is 11.1 Å². The first kappa shape index (κ1) is 20.2. The van der Waals surface area contributed by atoms with Gasteiger partial charge in [0.05, 0.1) is 0 Å². The van der Waals surface area contributed by atoms with Crippen LogP contribution < -0.4 is 0 Å². The van der Waals surface area contributed by atoms with E-state index in [9.17, 15) is 0 Å². The summed E-state index contributed by atoms with van der Waals surface area (Å²) in [6.45, 7) is 0. The van der Waals surface area contributed by atoms with Gasteiger partial charge in [0.2, 0.25) is 0 Å². The average Bonchev–Trinajstić information content (AvgIpc) is 3.05. The van der Waals surface area contributed by atoms with Crippen molar-refractivity contribution in [1.82, 2.24) is 0 Å². The molecule has 7 rings (SSSR count). The molecule has 0 radical (unpaired) electrons. The molecule has 35 heavy (non-hydrogen) atoms. The summed E-state index contributed by atoms with van der Waals surface area (Å²) in [5.41, 5.74) is 16.6. The fraction of sp³-hybridized carbons (Fsp3) is 0.0857. The Bertz CT molecular complexity index is 1500. The molecule has 0 saturated heterocycles. The van der Waals surface area contributed by atoms with Crippen molar-refractivity contribution < 1.29 is 0 Å². The fourth-order valence-electron chi connectivity index (χ4n) is 6.02. The van der Waals surface area contributed by atoms with E-state index in [0.29, 0.717) is 0 Å². The van der Waals surface area contributed by atoms with Gasteiger partial charge in [0.1, 0.15) is 0 Å². The summed E-state index contributed by atoms with van der Waals surface area (Å²) in [6.07, 6.45) is 2.83. The van der Waals surface area contributed by atoms with Crippen molar-refractivity contribution in [3.63, 3.8) is 0 Å². The molecule has 2 aliphatic rings. The molecule has 0 aromatic heterocycles. The van der Waals surface area contributed by atoms with Crippen LogP contribution in [-0.4, -0.2) is 0 Å². The molecule has 0 aliphatic heterocycles. The van der Waals surface area contributed by atoms with E-state index in [1.54, 1.807) is 0 Å². The number of fused-ring (bicyclic) bond motifs is 9. The first-order chi connectivity index (χ1) is 17.4. The highest BCUT2D eigenvalue weighted by Crippen LogP contribution is 2.45. The summed E-state index contributed by atoms with van der Waals surface area (Å²) in [5, 5.41) is 0. The molecule has 0 bridgehead atoms. The van der Waals surface area contributed by atoms with E-state index in [-0.39, 0.29) is 0 Å². The zero-order valence-electron chi connectivity index (χ0n) is 19.7. The smallest absolute Gasteiger partial charge is 0.00134 e. The van der Waals surface area contributed by atoms with E-state index >= 15 is 0 Å². The van der Waals surface area contributed by atoms with Crippen molar-refractivity contribution in [2.24, 2.45) is 0 Å². The van der Waals surface area contributed by atoms with E-state index in [1.165, 1.54) is 66.8 Å². The second-order valence-corrected chi connectivity index (χ2v) is 9.68. The maximum Gasteiger partial charge on any atom is -0.00134 e. The number of hydrogen-bond donors (Lipinski definition) is 0. The molecule has 0 atom stereocenters. The summed E-state index contributed by atoms with van der Waals surface area (Å²) < 4.78 is 0. The highest BCUT2D eigenvalue weighted by molar-refractivity contribution is 6.07. The van der Waals surface area contributed by atoms with Gasteiger partial charge in [-0.3, -0.25) is 0 Å². The zero-order chi connectivity index (χ0) is 23.2. The molecular formula is C35H26. The summed E-state index contributed by atoms with van der Waals surface area (Å²) >= 11 is 0. The minimum atomic E-state index is 0.940. The summed E-state index contributed by atoms with van der Waals surface area (Å²) in [7, 11) is 0. The minimum Gasteiger partial charge on any atom is -0.0620 e. The van der Waals surface area contributed by atoms with Crippen LogP contribution in [0.15, 0.2) is 121 Å². The van der Waals surface area contributed by atoms with Crippen LogP contribution in [0.5, 0.6) is 0 Å². The van der Waals surface area contributed by atoms with Gasteiger partial charge in [0, 0.05) is 0 Å². The molecule has 0 amide bonds. The molecule has 5 aromatic rings. The number of benzene rings is 5. The highest BCUT2D eigenvalue weighted by atomic mass is 14.3. The van der Waals surface area contributed by atoms with Gasteiger partial charge < -0.3 is 0 Å². The maximum absolute atomic E-state index is 2.34. The fourth-order valence-corrected chi connectivity index (χ4v) is 6.02. The van der Waals surface area contributed by atoms with Crippen molar-refractivity contribution in [2.75, 3.05) is 0 Å². The Balaban J connectivity index is 1.68. The summed E-state index contributed by atoms with van der Waals surface area (Å²) in [4.78, 5) is 0. The quantitative estimate of drug-likeness (QED) is 0.221. The van der Waals surface area contributed by atoms with Crippen molar-refractivity contribution in [1.29, 1.82) is 0 Å². The topological polar surface area (TPSA) is 0 Å². The molecule has 0 N–H and O–H groups in total. The Morgan fingerprint density at radius 2 is 0.486 bits per heavy atom. The molecule has 0 heteroatoms. The second-order valence-electron chi connectivity index (χ2n) is 9.68. The molecule has 0 fully saturated rings. The van der Waals surface area contributed by atoms with Gasteiger partial charge in [-0.25, -0.2) is 0 Å². The van der Waals surface area contributed by atoms with E-state index in [4.69, 9.17) is 0 Å². The third-order valence-corrected chi connectivity index (χ3v) is 7.66. The lowest BCUT2D eigenvalue weighted by Crippen LogP contribution is -2.07. The van der Waals surface area contributed by atoms with Crippen LogP contribution in [0.3, 0.4) is 0 Å². The summed E-state index contributed by atoms with van der Waals surface area (Å²) in [6, 6.07) is 45.1. The van der Waals surface area contributed by atoms with Crippen LogP contribution >= 0.6 is 0 Å². The lowest BCUT2D eigenvalue weighted by molar-refractivity contribution is 1.08. The van der Waals surface area contributed by atoms with Gasteiger partial charge >= 0.3 is 0 Å². The zero-order valence-corrected chi connectivity index (χ0v) is 19.7. The lowest BCUT2D eigenvalue weighted by atomic mass is 9.79. The largest absolute Gasteiger partial charge is 0.0620 e. The Kier molecular flexibility index (Phi) is 4.77. The van der Waals surface area contributed by atoms with Crippen molar-refractivity contribution in [3.05, 3.63) is 177 Å². The Labute approximate surface area is 207 Å². The Morgan fingerprint density at radius 3 is 0.800 bits per heavy atom. The average molecular weight is 447 g/mol. The Hall–Kier alpha value is -4.16. The third kappa shape index (κ3) is 3.37.